The van der Waals surface area contributed by atoms with Crippen LogP contribution in [-0.2, 0) is 9.53 Å². The molecule has 0 unspecified atom stereocenters. The summed E-state index contributed by atoms with van der Waals surface area (Å²) in [6, 6.07) is 7.66. The van der Waals surface area contributed by atoms with E-state index in [4.69, 9.17) is 0 Å². The van der Waals surface area contributed by atoms with Gasteiger partial charge in [0.05, 0.1) is 7.11 Å². The van der Waals surface area contributed by atoms with Gasteiger partial charge in [-0.25, -0.2) is 0 Å². The van der Waals surface area contributed by atoms with Gasteiger partial charge in [0.15, 0.2) is 0 Å². The fourth-order valence-electron chi connectivity index (χ4n) is 0.877. The molecule has 0 fully saturated rings. The van der Waals surface area contributed by atoms with Crippen molar-refractivity contribution >= 4 is 28.1 Å². The number of esters is 1. The van der Waals surface area contributed by atoms with Gasteiger partial charge in [-0.1, -0.05) is 28.1 Å². The molecule has 3 nitrogen and oxygen atoms in total. The van der Waals surface area contributed by atoms with Crippen LogP contribution in [0.1, 0.15) is 5.56 Å². The predicted molar refractivity (Wildman–Crippen MR) is 58.6 cm³/mol. The summed E-state index contributed by atoms with van der Waals surface area (Å²) in [6.45, 7) is 0.0585. The van der Waals surface area contributed by atoms with E-state index < -0.39 is 0 Å². The molecule has 0 spiro atoms. The fraction of sp³-hybridized carbons (Fsp3) is 0.200. The summed E-state index contributed by atoms with van der Waals surface area (Å²) in [7, 11) is 1.34. The third kappa shape index (κ3) is 3.70. The largest absolute Gasteiger partial charge is 0.468 e. The topological polar surface area (TPSA) is 38.7 Å². The molecule has 0 heterocycles. The first-order valence-corrected chi connectivity index (χ1v) is 4.84. The molecule has 14 heavy (non-hydrogen) atoms. The summed E-state index contributed by atoms with van der Waals surface area (Å²) < 4.78 is 5.44. The van der Waals surface area contributed by atoms with E-state index in [1.807, 2.05) is 24.3 Å². The van der Waals surface area contributed by atoms with Crippen molar-refractivity contribution in [1.82, 2.24) is 0 Å². The zero-order valence-corrected chi connectivity index (χ0v) is 9.32. The Balaban J connectivity index is 2.56. The number of rotatable bonds is 3. The number of methoxy groups -OCH3 is 1. The van der Waals surface area contributed by atoms with Crippen LogP contribution < -0.4 is 0 Å². The molecule has 0 aliphatic carbocycles. The van der Waals surface area contributed by atoms with Crippen molar-refractivity contribution in [2.45, 2.75) is 0 Å². The molecule has 0 aliphatic heterocycles. The van der Waals surface area contributed by atoms with Crippen molar-refractivity contribution in [1.29, 1.82) is 0 Å². The molecule has 0 aliphatic rings. The Bertz CT molecular complexity index is 350. The third-order valence-electron chi connectivity index (χ3n) is 1.54. The van der Waals surface area contributed by atoms with E-state index in [1.54, 1.807) is 6.21 Å². The molecule has 1 aromatic carbocycles. The number of carbonyl (C=O) groups excluding carboxylic acids is 1. The Morgan fingerprint density at radius 2 is 2.43 bits per heavy atom. The molecule has 0 radical (unpaired) electrons. The minimum atomic E-state index is -0.337. The van der Waals surface area contributed by atoms with Gasteiger partial charge in [-0.2, -0.15) is 0 Å². The van der Waals surface area contributed by atoms with Crippen molar-refractivity contribution in [2.24, 2.45) is 4.99 Å². The Kier molecular flexibility index (Phi) is 4.32. The van der Waals surface area contributed by atoms with Crippen LogP contribution in [0, 0.1) is 0 Å². The predicted octanol–water partition coefficient (Wildman–Crippen LogP) is 2.04. The fourth-order valence-corrected chi connectivity index (χ4v) is 1.29. The molecule has 0 bridgehead atoms. The molecule has 0 N–H and O–H groups in total. The average Bonchev–Trinajstić information content (AvgIpc) is 2.17. The first-order chi connectivity index (χ1) is 6.72. The van der Waals surface area contributed by atoms with Crippen LogP contribution >= 0.6 is 15.9 Å². The Hall–Kier alpha value is -1.16. The molecule has 1 rings (SSSR count). The van der Waals surface area contributed by atoms with Gasteiger partial charge in [-0.15, -0.1) is 0 Å². The first-order valence-electron chi connectivity index (χ1n) is 4.04. The van der Waals surface area contributed by atoms with Crippen LogP contribution in [0.25, 0.3) is 0 Å². The number of hydrogen-bond donors (Lipinski definition) is 0. The second-order valence-electron chi connectivity index (χ2n) is 2.60. The van der Waals surface area contributed by atoms with Gasteiger partial charge in [-0.3, -0.25) is 9.79 Å². The highest BCUT2D eigenvalue weighted by Gasteiger charge is 1.95. The number of carbonyl (C=O) groups is 1. The molecule has 4 heteroatoms. The zero-order chi connectivity index (χ0) is 10.4. The summed E-state index contributed by atoms with van der Waals surface area (Å²) in [6.07, 6.45) is 1.64. The number of halogens is 1. The second kappa shape index (κ2) is 5.54. The smallest absolute Gasteiger partial charge is 0.327 e. The highest BCUT2D eigenvalue weighted by Crippen LogP contribution is 2.09. The van der Waals surface area contributed by atoms with Gasteiger partial charge in [0.2, 0.25) is 0 Å². The van der Waals surface area contributed by atoms with Gasteiger partial charge in [0.1, 0.15) is 6.54 Å². The highest BCUT2D eigenvalue weighted by molar-refractivity contribution is 9.10. The molecule has 0 atom stereocenters. The lowest BCUT2D eigenvalue weighted by molar-refractivity contribution is -0.138. The van der Waals surface area contributed by atoms with Crippen molar-refractivity contribution in [3.8, 4) is 0 Å². The molecular formula is C10H10BrNO2. The SMILES string of the molecule is COC(=O)C/N=C/c1cccc(Br)c1. The van der Waals surface area contributed by atoms with Crippen molar-refractivity contribution < 1.29 is 9.53 Å². The van der Waals surface area contributed by atoms with Gasteiger partial charge < -0.3 is 4.74 Å². The summed E-state index contributed by atoms with van der Waals surface area (Å²) >= 11 is 3.34. The number of aliphatic imine (C=N–C) groups is 1. The number of nitrogens with zero attached hydrogens (tertiary/aromatic N) is 1. The minimum Gasteiger partial charge on any atom is -0.468 e. The molecule has 0 aromatic heterocycles. The van der Waals surface area contributed by atoms with Gasteiger partial charge in [-0.05, 0) is 17.7 Å². The standard InChI is InChI=1S/C10H10BrNO2/c1-14-10(13)7-12-6-8-3-2-4-9(11)5-8/h2-6H,7H2,1H3/b12-6+. The summed E-state index contributed by atoms with van der Waals surface area (Å²) in [5.74, 6) is -0.337. The van der Waals surface area contributed by atoms with E-state index in [0.717, 1.165) is 10.0 Å². The first kappa shape index (κ1) is 10.9. The average molecular weight is 256 g/mol. The normalized spacial score (nSPS) is 10.4. The van der Waals surface area contributed by atoms with Crippen LogP contribution in [0.4, 0.5) is 0 Å². The summed E-state index contributed by atoms with van der Waals surface area (Å²) in [5, 5.41) is 0. The monoisotopic (exact) mass is 255 g/mol. The maximum Gasteiger partial charge on any atom is 0.327 e. The van der Waals surface area contributed by atoms with Crippen LogP contribution in [0.5, 0.6) is 0 Å². The van der Waals surface area contributed by atoms with Crippen LogP contribution in [0.3, 0.4) is 0 Å². The van der Waals surface area contributed by atoms with E-state index in [2.05, 4.69) is 25.7 Å². The Labute approximate surface area is 90.9 Å². The van der Waals surface area contributed by atoms with E-state index in [9.17, 15) is 4.79 Å². The van der Waals surface area contributed by atoms with Gasteiger partial charge >= 0.3 is 5.97 Å². The number of ether oxygens (including phenoxy) is 1. The second-order valence-corrected chi connectivity index (χ2v) is 3.52. The van der Waals surface area contributed by atoms with E-state index in [-0.39, 0.29) is 12.5 Å². The summed E-state index contributed by atoms with van der Waals surface area (Å²) in [4.78, 5) is 14.7. The molecule has 1 aromatic rings. The lowest BCUT2D eigenvalue weighted by Crippen LogP contribution is -2.04. The molecular weight excluding hydrogens is 246 g/mol. The minimum absolute atomic E-state index is 0.0585. The number of hydrogen-bond acceptors (Lipinski definition) is 3. The van der Waals surface area contributed by atoms with Gasteiger partial charge in [0, 0.05) is 10.7 Å². The van der Waals surface area contributed by atoms with Crippen molar-refractivity contribution in [3.05, 3.63) is 34.3 Å². The van der Waals surface area contributed by atoms with Crippen molar-refractivity contribution in [2.75, 3.05) is 13.7 Å². The van der Waals surface area contributed by atoms with E-state index in [0.29, 0.717) is 0 Å². The Morgan fingerprint density at radius 3 is 3.07 bits per heavy atom. The van der Waals surface area contributed by atoms with E-state index in [1.165, 1.54) is 7.11 Å². The Morgan fingerprint density at radius 1 is 1.64 bits per heavy atom. The molecule has 74 valence electrons. The van der Waals surface area contributed by atoms with Gasteiger partial charge in [0.25, 0.3) is 0 Å². The molecule has 0 saturated heterocycles. The van der Waals surface area contributed by atoms with Crippen LogP contribution in [-0.4, -0.2) is 25.8 Å². The van der Waals surface area contributed by atoms with Crippen LogP contribution in [0.2, 0.25) is 0 Å². The highest BCUT2D eigenvalue weighted by atomic mass is 79.9. The molecule has 0 saturated carbocycles. The summed E-state index contributed by atoms with van der Waals surface area (Å²) in [5.41, 5.74) is 0.947. The lowest BCUT2D eigenvalue weighted by atomic mass is 10.2. The maximum absolute atomic E-state index is 10.7. The lowest BCUT2D eigenvalue weighted by Gasteiger charge is -1.94. The van der Waals surface area contributed by atoms with Crippen molar-refractivity contribution in [3.63, 3.8) is 0 Å². The quantitative estimate of drug-likeness (QED) is 0.613. The zero-order valence-electron chi connectivity index (χ0n) is 7.74. The number of benzene rings is 1. The van der Waals surface area contributed by atoms with Crippen LogP contribution in [0.15, 0.2) is 33.7 Å². The molecule has 0 amide bonds. The third-order valence-corrected chi connectivity index (χ3v) is 2.03. The maximum atomic E-state index is 10.7. The van der Waals surface area contributed by atoms with E-state index >= 15 is 0 Å².